The lowest BCUT2D eigenvalue weighted by atomic mass is 10.1. The maximum atomic E-state index is 12.9. The first kappa shape index (κ1) is 15.0. The first-order chi connectivity index (χ1) is 10.5. The number of rotatable bonds is 3. The van der Waals surface area contributed by atoms with E-state index in [-0.39, 0.29) is 5.82 Å². The molecule has 0 amide bonds. The van der Waals surface area contributed by atoms with Crippen LogP contribution in [0.25, 0.3) is 10.1 Å². The number of nitrogens with zero attached hydrogens (tertiary/aromatic N) is 1. The van der Waals surface area contributed by atoms with E-state index in [1.165, 1.54) is 22.4 Å². The van der Waals surface area contributed by atoms with E-state index in [1.807, 2.05) is 25.1 Å². The van der Waals surface area contributed by atoms with Crippen LogP contribution < -0.4 is 5.43 Å². The van der Waals surface area contributed by atoms with Gasteiger partial charge < -0.3 is 0 Å². The Balaban J connectivity index is 1.91. The van der Waals surface area contributed by atoms with E-state index in [0.29, 0.717) is 0 Å². The van der Waals surface area contributed by atoms with Gasteiger partial charge >= 0.3 is 0 Å². The SMILES string of the molecule is CC(=NNc1ccc(F)cc1)c1sc2ccc(Cl)cc2c1C. The van der Waals surface area contributed by atoms with Crippen LogP contribution in [0.1, 0.15) is 17.4 Å². The van der Waals surface area contributed by atoms with Crippen molar-refractivity contribution < 1.29 is 4.39 Å². The zero-order chi connectivity index (χ0) is 15.7. The van der Waals surface area contributed by atoms with Gasteiger partial charge in [0.05, 0.1) is 16.3 Å². The van der Waals surface area contributed by atoms with Crippen molar-refractivity contribution in [3.05, 3.63) is 63.7 Å². The number of benzene rings is 2. The lowest BCUT2D eigenvalue weighted by molar-refractivity contribution is 0.628. The number of anilines is 1. The molecule has 0 saturated carbocycles. The Kier molecular flexibility index (Phi) is 4.14. The Bertz CT molecular complexity index is 853. The molecule has 22 heavy (non-hydrogen) atoms. The van der Waals surface area contributed by atoms with Gasteiger partial charge in [-0.3, -0.25) is 5.43 Å². The second kappa shape index (κ2) is 6.07. The molecular weight excluding hydrogens is 319 g/mol. The molecule has 0 atom stereocenters. The van der Waals surface area contributed by atoms with Crippen molar-refractivity contribution >= 4 is 44.4 Å². The zero-order valence-electron chi connectivity index (χ0n) is 12.2. The molecule has 1 heterocycles. The van der Waals surface area contributed by atoms with Crippen molar-refractivity contribution in [2.24, 2.45) is 5.10 Å². The van der Waals surface area contributed by atoms with E-state index >= 15 is 0 Å². The molecule has 112 valence electrons. The van der Waals surface area contributed by atoms with Gasteiger partial charge in [0.25, 0.3) is 0 Å². The molecule has 0 fully saturated rings. The quantitative estimate of drug-likeness (QED) is 0.473. The van der Waals surface area contributed by atoms with Crippen LogP contribution in [0.4, 0.5) is 10.1 Å². The number of fused-ring (bicyclic) bond motifs is 1. The molecule has 1 N–H and O–H groups in total. The van der Waals surface area contributed by atoms with Gasteiger partial charge in [0.2, 0.25) is 0 Å². The minimum Gasteiger partial charge on any atom is -0.278 e. The topological polar surface area (TPSA) is 24.4 Å². The Labute approximate surface area is 137 Å². The Morgan fingerprint density at radius 2 is 1.91 bits per heavy atom. The third-order valence-electron chi connectivity index (χ3n) is 3.42. The first-order valence-corrected chi connectivity index (χ1v) is 7.99. The Morgan fingerprint density at radius 1 is 1.18 bits per heavy atom. The van der Waals surface area contributed by atoms with Crippen molar-refractivity contribution in [2.75, 3.05) is 5.43 Å². The third kappa shape index (κ3) is 2.98. The van der Waals surface area contributed by atoms with Crippen LogP contribution in [-0.2, 0) is 0 Å². The van der Waals surface area contributed by atoms with Crippen molar-refractivity contribution in [1.29, 1.82) is 0 Å². The molecule has 2 nitrogen and oxygen atoms in total. The number of hydrogen-bond acceptors (Lipinski definition) is 3. The van der Waals surface area contributed by atoms with Crippen LogP contribution in [0.3, 0.4) is 0 Å². The van der Waals surface area contributed by atoms with Gasteiger partial charge in [0, 0.05) is 9.72 Å². The van der Waals surface area contributed by atoms with Gasteiger partial charge in [-0.05, 0) is 67.3 Å². The van der Waals surface area contributed by atoms with Gasteiger partial charge in [0.15, 0.2) is 0 Å². The highest BCUT2D eigenvalue weighted by atomic mass is 35.5. The molecule has 0 spiro atoms. The van der Waals surface area contributed by atoms with Crippen molar-refractivity contribution in [1.82, 2.24) is 0 Å². The second-order valence-corrected chi connectivity index (χ2v) is 6.50. The van der Waals surface area contributed by atoms with E-state index in [4.69, 9.17) is 11.6 Å². The minimum atomic E-state index is -0.261. The summed E-state index contributed by atoms with van der Waals surface area (Å²) in [6.07, 6.45) is 0. The van der Waals surface area contributed by atoms with E-state index in [9.17, 15) is 4.39 Å². The molecule has 0 saturated heterocycles. The van der Waals surface area contributed by atoms with Gasteiger partial charge in [-0.2, -0.15) is 5.10 Å². The molecule has 1 aromatic heterocycles. The fourth-order valence-corrected chi connectivity index (χ4v) is 3.57. The standard InChI is InChI=1S/C17H14ClFN2S/c1-10-15-9-12(18)3-8-16(15)22-17(10)11(2)20-21-14-6-4-13(19)5-7-14/h3-9,21H,1-2H3. The van der Waals surface area contributed by atoms with Crippen LogP contribution in [0.2, 0.25) is 5.02 Å². The number of nitrogens with one attached hydrogen (secondary N) is 1. The lowest BCUT2D eigenvalue weighted by Crippen LogP contribution is -1.99. The summed E-state index contributed by atoms with van der Waals surface area (Å²) >= 11 is 7.75. The summed E-state index contributed by atoms with van der Waals surface area (Å²) in [6.45, 7) is 4.03. The molecule has 0 aliphatic rings. The summed E-state index contributed by atoms with van der Waals surface area (Å²) in [6, 6.07) is 12.0. The smallest absolute Gasteiger partial charge is 0.123 e. The van der Waals surface area contributed by atoms with Crippen LogP contribution >= 0.6 is 22.9 Å². The zero-order valence-corrected chi connectivity index (χ0v) is 13.7. The largest absolute Gasteiger partial charge is 0.278 e. The molecular formula is C17H14ClFN2S. The average molecular weight is 333 g/mol. The summed E-state index contributed by atoms with van der Waals surface area (Å²) in [5.74, 6) is -0.261. The normalized spacial score (nSPS) is 11.9. The predicted octanol–water partition coefficient (Wildman–Crippen LogP) is 5.84. The maximum Gasteiger partial charge on any atom is 0.123 e. The molecule has 2 aromatic carbocycles. The minimum absolute atomic E-state index is 0.261. The van der Waals surface area contributed by atoms with E-state index in [2.05, 4.69) is 17.5 Å². The molecule has 0 aliphatic heterocycles. The molecule has 3 aromatic rings. The highest BCUT2D eigenvalue weighted by Crippen LogP contribution is 2.33. The second-order valence-electron chi connectivity index (χ2n) is 5.01. The highest BCUT2D eigenvalue weighted by Gasteiger charge is 2.11. The highest BCUT2D eigenvalue weighted by molar-refractivity contribution is 7.21. The molecule has 0 unspecified atom stereocenters. The van der Waals surface area contributed by atoms with Crippen LogP contribution in [0.5, 0.6) is 0 Å². The van der Waals surface area contributed by atoms with Gasteiger partial charge in [-0.25, -0.2) is 4.39 Å². The summed E-state index contributed by atoms with van der Waals surface area (Å²) in [7, 11) is 0. The van der Waals surface area contributed by atoms with E-state index in [0.717, 1.165) is 26.7 Å². The van der Waals surface area contributed by atoms with Gasteiger partial charge in [-0.15, -0.1) is 11.3 Å². The molecule has 0 bridgehead atoms. The summed E-state index contributed by atoms with van der Waals surface area (Å²) in [5, 5.41) is 6.29. The van der Waals surface area contributed by atoms with E-state index < -0.39 is 0 Å². The first-order valence-electron chi connectivity index (χ1n) is 6.79. The Morgan fingerprint density at radius 3 is 2.64 bits per heavy atom. The van der Waals surface area contributed by atoms with E-state index in [1.54, 1.807) is 23.5 Å². The maximum absolute atomic E-state index is 12.9. The average Bonchev–Trinajstić information content (AvgIpc) is 2.83. The lowest BCUT2D eigenvalue weighted by Gasteiger charge is -2.03. The third-order valence-corrected chi connectivity index (χ3v) is 5.04. The number of aryl methyl sites for hydroxylation is 1. The van der Waals surface area contributed by atoms with Gasteiger partial charge in [0.1, 0.15) is 5.82 Å². The van der Waals surface area contributed by atoms with Gasteiger partial charge in [-0.1, -0.05) is 11.6 Å². The number of thiophene rings is 1. The van der Waals surface area contributed by atoms with Crippen molar-refractivity contribution in [3.8, 4) is 0 Å². The number of halogens is 2. The number of hydrazone groups is 1. The molecule has 5 heteroatoms. The number of hydrogen-bond donors (Lipinski definition) is 1. The predicted molar refractivity (Wildman–Crippen MR) is 93.8 cm³/mol. The van der Waals surface area contributed by atoms with Crippen molar-refractivity contribution in [2.45, 2.75) is 13.8 Å². The fourth-order valence-electron chi connectivity index (χ4n) is 2.26. The van der Waals surface area contributed by atoms with Crippen LogP contribution in [-0.4, -0.2) is 5.71 Å². The van der Waals surface area contributed by atoms with Crippen molar-refractivity contribution in [3.63, 3.8) is 0 Å². The fraction of sp³-hybridized carbons (Fsp3) is 0.118. The summed E-state index contributed by atoms with van der Waals surface area (Å²) in [4.78, 5) is 1.12. The Hall–Kier alpha value is -1.91. The molecule has 0 radical (unpaired) electrons. The summed E-state index contributed by atoms with van der Waals surface area (Å²) in [5.41, 5.74) is 5.77. The molecule has 3 rings (SSSR count). The van der Waals surface area contributed by atoms with Crippen LogP contribution in [0.15, 0.2) is 47.6 Å². The monoisotopic (exact) mass is 332 g/mol. The van der Waals surface area contributed by atoms with Crippen LogP contribution in [0, 0.1) is 12.7 Å². The summed E-state index contributed by atoms with van der Waals surface area (Å²) < 4.78 is 14.1. The molecule has 0 aliphatic carbocycles.